The zero-order chi connectivity index (χ0) is 9.68. The molecular weight excluding hydrogens is 160 g/mol. The van der Waals surface area contributed by atoms with E-state index in [0.717, 1.165) is 25.6 Å². The van der Waals surface area contributed by atoms with Crippen molar-refractivity contribution in [2.75, 3.05) is 13.2 Å². The average molecular weight is 182 g/mol. The Balaban J connectivity index is 2.27. The van der Waals surface area contributed by atoms with E-state index in [4.69, 9.17) is 4.74 Å². The van der Waals surface area contributed by atoms with E-state index in [-0.39, 0.29) is 0 Å². The number of hydrogen-bond acceptors (Lipinski definition) is 1. The first-order chi connectivity index (χ1) is 6.24. The third-order valence-electron chi connectivity index (χ3n) is 2.88. The van der Waals surface area contributed by atoms with Gasteiger partial charge in [-0.25, -0.2) is 0 Å². The minimum Gasteiger partial charge on any atom is -0.381 e. The summed E-state index contributed by atoms with van der Waals surface area (Å²) in [5.41, 5.74) is 1.55. The highest BCUT2D eigenvalue weighted by Crippen LogP contribution is 2.28. The standard InChI is InChI=1S/C12H22O/c1-4-7-13-9-12-6-5-10(2)8-11(12)3/h8,11-12H,4-7,9H2,1-3H3. The van der Waals surface area contributed by atoms with E-state index in [1.165, 1.54) is 12.8 Å². The van der Waals surface area contributed by atoms with Crippen molar-refractivity contribution in [2.45, 2.75) is 40.0 Å². The van der Waals surface area contributed by atoms with Crippen LogP contribution in [-0.2, 0) is 4.74 Å². The maximum atomic E-state index is 5.60. The van der Waals surface area contributed by atoms with Gasteiger partial charge in [-0.05, 0) is 38.0 Å². The fourth-order valence-electron chi connectivity index (χ4n) is 1.96. The van der Waals surface area contributed by atoms with Gasteiger partial charge in [-0.15, -0.1) is 0 Å². The van der Waals surface area contributed by atoms with E-state index in [2.05, 4.69) is 26.8 Å². The van der Waals surface area contributed by atoms with Gasteiger partial charge in [-0.2, -0.15) is 0 Å². The number of rotatable bonds is 4. The predicted octanol–water partition coefficient (Wildman–Crippen LogP) is 3.41. The molecule has 1 heteroatoms. The molecule has 0 saturated heterocycles. The van der Waals surface area contributed by atoms with Crippen molar-refractivity contribution >= 4 is 0 Å². The summed E-state index contributed by atoms with van der Waals surface area (Å²) in [6.45, 7) is 8.58. The Bertz CT molecular complexity index is 172. The summed E-state index contributed by atoms with van der Waals surface area (Å²) in [4.78, 5) is 0. The van der Waals surface area contributed by atoms with Crippen molar-refractivity contribution in [3.8, 4) is 0 Å². The zero-order valence-electron chi connectivity index (χ0n) is 9.18. The lowest BCUT2D eigenvalue weighted by Crippen LogP contribution is -2.20. The third-order valence-corrected chi connectivity index (χ3v) is 2.88. The molecule has 76 valence electrons. The van der Waals surface area contributed by atoms with Crippen molar-refractivity contribution in [2.24, 2.45) is 11.8 Å². The molecule has 1 aliphatic carbocycles. The molecule has 0 N–H and O–H groups in total. The number of allylic oxidation sites excluding steroid dienone is 2. The fraction of sp³-hybridized carbons (Fsp3) is 0.833. The fourth-order valence-corrected chi connectivity index (χ4v) is 1.96. The van der Waals surface area contributed by atoms with Crippen LogP contribution < -0.4 is 0 Å². The summed E-state index contributed by atoms with van der Waals surface area (Å²) in [6, 6.07) is 0. The monoisotopic (exact) mass is 182 g/mol. The minimum atomic E-state index is 0.714. The Morgan fingerprint density at radius 2 is 2.31 bits per heavy atom. The molecule has 0 radical (unpaired) electrons. The van der Waals surface area contributed by atoms with E-state index in [9.17, 15) is 0 Å². The molecule has 0 aromatic rings. The first kappa shape index (κ1) is 10.8. The van der Waals surface area contributed by atoms with E-state index >= 15 is 0 Å². The molecule has 0 saturated carbocycles. The van der Waals surface area contributed by atoms with Gasteiger partial charge in [0.1, 0.15) is 0 Å². The predicted molar refractivity (Wildman–Crippen MR) is 56.8 cm³/mol. The summed E-state index contributed by atoms with van der Waals surface area (Å²) in [7, 11) is 0. The smallest absolute Gasteiger partial charge is 0.0499 e. The first-order valence-corrected chi connectivity index (χ1v) is 5.49. The molecule has 1 rings (SSSR count). The van der Waals surface area contributed by atoms with Crippen LogP contribution >= 0.6 is 0 Å². The number of ether oxygens (including phenoxy) is 1. The van der Waals surface area contributed by atoms with Gasteiger partial charge < -0.3 is 4.74 Å². The second-order valence-corrected chi connectivity index (χ2v) is 4.25. The van der Waals surface area contributed by atoms with Crippen molar-refractivity contribution in [1.82, 2.24) is 0 Å². The van der Waals surface area contributed by atoms with Crippen LogP contribution in [-0.4, -0.2) is 13.2 Å². The van der Waals surface area contributed by atoms with Crippen LogP contribution in [0, 0.1) is 11.8 Å². The van der Waals surface area contributed by atoms with Gasteiger partial charge in [0.2, 0.25) is 0 Å². The molecular formula is C12H22O. The maximum absolute atomic E-state index is 5.60. The van der Waals surface area contributed by atoms with E-state index in [0.29, 0.717) is 5.92 Å². The third kappa shape index (κ3) is 3.51. The molecule has 0 fully saturated rings. The summed E-state index contributed by atoms with van der Waals surface area (Å²) < 4.78 is 5.60. The SMILES string of the molecule is CCCOCC1CCC(C)=CC1C. The van der Waals surface area contributed by atoms with Crippen LogP contribution in [0.1, 0.15) is 40.0 Å². The second kappa shape index (κ2) is 5.43. The number of hydrogen-bond donors (Lipinski definition) is 0. The molecule has 0 spiro atoms. The van der Waals surface area contributed by atoms with Gasteiger partial charge in [0, 0.05) is 13.2 Å². The molecule has 1 aliphatic rings. The van der Waals surface area contributed by atoms with Crippen LogP contribution in [0.25, 0.3) is 0 Å². The van der Waals surface area contributed by atoms with Gasteiger partial charge in [0.05, 0.1) is 0 Å². The van der Waals surface area contributed by atoms with Crippen LogP contribution in [0.4, 0.5) is 0 Å². The summed E-state index contributed by atoms with van der Waals surface area (Å²) in [6.07, 6.45) is 6.12. The molecule has 0 aromatic carbocycles. The molecule has 2 atom stereocenters. The van der Waals surface area contributed by atoms with E-state index < -0.39 is 0 Å². The lowest BCUT2D eigenvalue weighted by Gasteiger charge is -2.26. The van der Waals surface area contributed by atoms with Crippen molar-refractivity contribution in [1.29, 1.82) is 0 Å². The summed E-state index contributed by atoms with van der Waals surface area (Å²) in [5.74, 6) is 1.47. The van der Waals surface area contributed by atoms with Crippen molar-refractivity contribution < 1.29 is 4.74 Å². The highest BCUT2D eigenvalue weighted by Gasteiger charge is 2.19. The van der Waals surface area contributed by atoms with Gasteiger partial charge in [-0.3, -0.25) is 0 Å². The second-order valence-electron chi connectivity index (χ2n) is 4.25. The normalized spacial score (nSPS) is 28.7. The molecule has 13 heavy (non-hydrogen) atoms. The maximum Gasteiger partial charge on any atom is 0.0499 e. The lowest BCUT2D eigenvalue weighted by atomic mass is 9.83. The van der Waals surface area contributed by atoms with Gasteiger partial charge in [-0.1, -0.05) is 25.5 Å². The van der Waals surface area contributed by atoms with Crippen LogP contribution in [0.15, 0.2) is 11.6 Å². The Kier molecular flexibility index (Phi) is 4.51. The van der Waals surface area contributed by atoms with Crippen molar-refractivity contribution in [3.63, 3.8) is 0 Å². The topological polar surface area (TPSA) is 9.23 Å². The lowest BCUT2D eigenvalue weighted by molar-refractivity contribution is 0.0820. The quantitative estimate of drug-likeness (QED) is 0.478. The van der Waals surface area contributed by atoms with Crippen LogP contribution in [0.2, 0.25) is 0 Å². The van der Waals surface area contributed by atoms with Crippen molar-refractivity contribution in [3.05, 3.63) is 11.6 Å². The molecule has 0 bridgehead atoms. The summed E-state index contributed by atoms with van der Waals surface area (Å²) in [5, 5.41) is 0. The Hall–Kier alpha value is -0.300. The summed E-state index contributed by atoms with van der Waals surface area (Å²) >= 11 is 0. The highest BCUT2D eigenvalue weighted by molar-refractivity contribution is 5.05. The Labute approximate surface area is 82.2 Å². The van der Waals surface area contributed by atoms with E-state index in [1.807, 2.05) is 0 Å². The average Bonchev–Trinajstić information content (AvgIpc) is 2.09. The minimum absolute atomic E-state index is 0.714. The van der Waals surface area contributed by atoms with E-state index in [1.54, 1.807) is 5.57 Å². The van der Waals surface area contributed by atoms with Gasteiger partial charge >= 0.3 is 0 Å². The molecule has 0 aromatic heterocycles. The van der Waals surface area contributed by atoms with Crippen LogP contribution in [0.5, 0.6) is 0 Å². The Morgan fingerprint density at radius 1 is 1.54 bits per heavy atom. The molecule has 0 aliphatic heterocycles. The molecule has 2 unspecified atom stereocenters. The molecule has 0 heterocycles. The van der Waals surface area contributed by atoms with Crippen LogP contribution in [0.3, 0.4) is 0 Å². The van der Waals surface area contributed by atoms with Gasteiger partial charge in [0.15, 0.2) is 0 Å². The Morgan fingerprint density at radius 3 is 2.92 bits per heavy atom. The highest BCUT2D eigenvalue weighted by atomic mass is 16.5. The molecule has 0 amide bonds. The zero-order valence-corrected chi connectivity index (χ0v) is 9.18. The molecule has 1 nitrogen and oxygen atoms in total. The van der Waals surface area contributed by atoms with Gasteiger partial charge in [0.25, 0.3) is 0 Å². The largest absolute Gasteiger partial charge is 0.381 e. The first-order valence-electron chi connectivity index (χ1n) is 5.49.